The molecule has 0 atom stereocenters. The molecule has 12 heavy (non-hydrogen) atoms. The molecule has 6 heteroatoms. The van der Waals surface area contributed by atoms with E-state index in [2.05, 4.69) is 11.4 Å². The Morgan fingerprint density at radius 2 is 1.83 bits per heavy atom. The van der Waals surface area contributed by atoms with Gasteiger partial charge in [-0.2, -0.15) is 0 Å². The molecule has 4 nitrogen and oxygen atoms in total. The number of phosphoric acid groups is 1. The van der Waals surface area contributed by atoms with Crippen molar-refractivity contribution in [3.63, 3.8) is 0 Å². The predicted molar refractivity (Wildman–Crippen MR) is 50.7 cm³/mol. The molecule has 0 aromatic carbocycles. The molecule has 0 heterocycles. The van der Waals surface area contributed by atoms with E-state index in [-0.39, 0.29) is 44.3 Å². The topological polar surface area (TPSA) is 66.8 Å². The van der Waals surface area contributed by atoms with Crippen molar-refractivity contribution < 1.29 is 18.9 Å². The van der Waals surface area contributed by atoms with Crippen LogP contribution in [-0.4, -0.2) is 54.1 Å². The van der Waals surface area contributed by atoms with Crippen LogP contribution in [0, 0.1) is 0 Å². The molecule has 0 amide bonds. The maximum atomic E-state index is 10.1. The van der Waals surface area contributed by atoms with Crippen LogP contribution >= 0.6 is 7.82 Å². The molecule has 72 valence electrons. The van der Waals surface area contributed by atoms with Gasteiger partial charge in [0, 0.05) is 0 Å². The van der Waals surface area contributed by atoms with E-state index in [0.717, 1.165) is 25.7 Å². The van der Waals surface area contributed by atoms with Gasteiger partial charge in [-0.1, -0.05) is 26.2 Å². The zero-order valence-electron chi connectivity index (χ0n) is 6.69. The first-order valence-corrected chi connectivity index (χ1v) is 5.29. The van der Waals surface area contributed by atoms with Crippen LogP contribution in [0.2, 0.25) is 0 Å². The molecule has 0 aliphatic heterocycles. The van der Waals surface area contributed by atoms with Gasteiger partial charge in [-0.25, -0.2) is 4.57 Å². The first kappa shape index (κ1) is 15.8. The molecule has 0 aliphatic carbocycles. The van der Waals surface area contributed by atoms with E-state index < -0.39 is 7.82 Å². The fraction of sp³-hybridized carbons (Fsp3) is 1.00. The minimum absolute atomic E-state index is 0. The summed E-state index contributed by atoms with van der Waals surface area (Å²) in [6.07, 6.45) is 3.88. The first-order valence-electron chi connectivity index (χ1n) is 3.76. The van der Waals surface area contributed by atoms with Crippen molar-refractivity contribution in [3.05, 3.63) is 0 Å². The summed E-state index contributed by atoms with van der Waals surface area (Å²) in [5.74, 6) is 0. The van der Waals surface area contributed by atoms with E-state index in [4.69, 9.17) is 9.79 Å². The van der Waals surface area contributed by atoms with Gasteiger partial charge in [0.15, 0.2) is 0 Å². The van der Waals surface area contributed by atoms with Crippen molar-refractivity contribution >= 4 is 45.6 Å². The van der Waals surface area contributed by atoms with Crippen LogP contribution in [0.15, 0.2) is 0 Å². The summed E-state index contributed by atoms with van der Waals surface area (Å²) in [6, 6.07) is 0. The zero-order chi connectivity index (χ0) is 8.74. The molecule has 0 unspecified atom stereocenters. The molecule has 0 aromatic heterocycles. The second kappa shape index (κ2) is 8.95. The van der Waals surface area contributed by atoms with Gasteiger partial charge < -0.3 is 9.79 Å². The van der Waals surface area contributed by atoms with Crippen LogP contribution in [0.4, 0.5) is 0 Å². The summed E-state index contributed by atoms with van der Waals surface area (Å²) in [5, 5.41) is 0. The van der Waals surface area contributed by atoms with E-state index in [9.17, 15) is 4.57 Å². The Morgan fingerprint density at radius 3 is 2.25 bits per heavy atom. The number of rotatable bonds is 6. The second-order valence-corrected chi connectivity index (χ2v) is 3.62. The average molecular weight is 224 g/mol. The minimum atomic E-state index is -4.21. The number of hydrogen-bond donors (Lipinski definition) is 2. The normalized spacial score (nSPS) is 10.9. The molecule has 0 saturated carbocycles. The summed E-state index contributed by atoms with van der Waals surface area (Å²) in [5.41, 5.74) is 0. The summed E-state index contributed by atoms with van der Waals surface area (Å²) in [7, 11) is -4.21. The van der Waals surface area contributed by atoms with Crippen LogP contribution in [0.3, 0.4) is 0 Å². The molecule has 2 N–H and O–H groups in total. The van der Waals surface area contributed by atoms with Gasteiger partial charge in [-0.05, 0) is 6.42 Å². The van der Waals surface area contributed by atoms with Gasteiger partial charge in [-0.15, -0.1) is 0 Å². The van der Waals surface area contributed by atoms with Crippen LogP contribution in [-0.2, 0) is 9.09 Å². The van der Waals surface area contributed by atoms with Crippen molar-refractivity contribution in [2.75, 3.05) is 6.61 Å². The first-order chi connectivity index (χ1) is 5.06. The Balaban J connectivity index is 0. The average Bonchev–Trinajstić information content (AvgIpc) is 1.85. The Kier molecular flexibility index (Phi) is 11.8. The molecule has 0 aliphatic rings. The fourth-order valence-electron chi connectivity index (χ4n) is 0.712. The van der Waals surface area contributed by atoms with Crippen LogP contribution in [0.1, 0.15) is 32.6 Å². The molecule has 0 rings (SSSR count). The Hall–Kier alpha value is 1.37. The van der Waals surface area contributed by atoms with Crippen LogP contribution in [0.25, 0.3) is 0 Å². The van der Waals surface area contributed by atoms with Crippen LogP contribution in [0.5, 0.6) is 0 Å². The zero-order valence-corrected chi connectivity index (χ0v) is 7.59. The molecule has 0 aromatic rings. The van der Waals surface area contributed by atoms with Gasteiger partial charge in [0.1, 0.15) is 0 Å². The number of unbranched alkanes of at least 4 members (excludes halogenated alkanes) is 3. The van der Waals surface area contributed by atoms with Gasteiger partial charge in [0.05, 0.1) is 6.61 Å². The molecular weight excluding hydrogens is 207 g/mol. The molecule has 0 fully saturated rings. The summed E-state index contributed by atoms with van der Waals surface area (Å²) in [6.45, 7) is 2.23. The van der Waals surface area contributed by atoms with E-state index in [1.54, 1.807) is 0 Å². The third kappa shape index (κ3) is 13.9. The number of hydrogen-bond acceptors (Lipinski definition) is 2. The molecule has 0 spiro atoms. The SMILES string of the molecule is CCCCCCOP(=O)(O)O.[CaH2]. The van der Waals surface area contributed by atoms with Crippen molar-refractivity contribution in [3.8, 4) is 0 Å². The fourth-order valence-corrected chi connectivity index (χ4v) is 1.08. The maximum absolute atomic E-state index is 10.1. The Morgan fingerprint density at radius 1 is 1.25 bits per heavy atom. The van der Waals surface area contributed by atoms with E-state index in [0.29, 0.717) is 0 Å². The quantitative estimate of drug-likeness (QED) is 0.397. The van der Waals surface area contributed by atoms with E-state index in [1.165, 1.54) is 0 Å². The summed E-state index contributed by atoms with van der Waals surface area (Å²) < 4.78 is 14.4. The second-order valence-electron chi connectivity index (χ2n) is 2.38. The van der Waals surface area contributed by atoms with E-state index in [1.807, 2.05) is 0 Å². The third-order valence-corrected chi connectivity index (χ3v) is 1.78. The van der Waals surface area contributed by atoms with Gasteiger partial charge in [0.2, 0.25) is 0 Å². The van der Waals surface area contributed by atoms with Crippen LogP contribution < -0.4 is 0 Å². The van der Waals surface area contributed by atoms with Gasteiger partial charge in [0.25, 0.3) is 0 Å². The number of phosphoric ester groups is 1. The molecule has 0 radical (unpaired) electrons. The van der Waals surface area contributed by atoms with Crippen molar-refractivity contribution in [2.24, 2.45) is 0 Å². The molecule has 0 bridgehead atoms. The Bertz CT molecular complexity index is 136. The third-order valence-electron chi connectivity index (χ3n) is 1.26. The Labute approximate surface area is 103 Å². The molecule has 0 saturated heterocycles. The van der Waals surface area contributed by atoms with Crippen molar-refractivity contribution in [1.29, 1.82) is 0 Å². The summed E-state index contributed by atoms with van der Waals surface area (Å²) >= 11 is 0. The van der Waals surface area contributed by atoms with E-state index >= 15 is 0 Å². The van der Waals surface area contributed by atoms with Gasteiger partial charge in [-0.3, -0.25) is 4.52 Å². The van der Waals surface area contributed by atoms with Gasteiger partial charge >= 0.3 is 45.6 Å². The molecular formula is C6H17CaO4P. The predicted octanol–water partition coefficient (Wildman–Crippen LogP) is 0.760. The monoisotopic (exact) mass is 224 g/mol. The van der Waals surface area contributed by atoms with Crippen molar-refractivity contribution in [1.82, 2.24) is 0 Å². The van der Waals surface area contributed by atoms with Crippen molar-refractivity contribution in [2.45, 2.75) is 32.6 Å². The summed E-state index contributed by atoms with van der Waals surface area (Å²) in [4.78, 5) is 16.5. The standard InChI is InChI=1S/C6H15O4P.Ca.2H/c1-2-3-4-5-6-10-11(7,8)9;;;/h2-6H2,1H3,(H2,7,8,9);;;.